The van der Waals surface area contributed by atoms with Crippen LogP contribution in [0.1, 0.15) is 130 Å². The van der Waals surface area contributed by atoms with Crippen LogP contribution in [0, 0.1) is 19.3 Å². The molecule has 4 aliphatic rings. The van der Waals surface area contributed by atoms with Gasteiger partial charge in [-0.15, -0.1) is 0 Å². The fourth-order valence-corrected chi connectivity index (χ4v) is 11.4. The summed E-state index contributed by atoms with van der Waals surface area (Å²) in [6.07, 6.45) is 42.3. The van der Waals surface area contributed by atoms with Crippen LogP contribution >= 0.6 is 0 Å². The normalized spacial score (nSPS) is 20.8. The molecular formula is C79H79N5O. The molecule has 0 saturated heterocycles. The maximum atomic E-state index is 13.7. The number of aromatic nitrogens is 2. The van der Waals surface area contributed by atoms with Crippen LogP contribution in [0.5, 0.6) is 0 Å². The van der Waals surface area contributed by atoms with Crippen molar-refractivity contribution in [2.45, 2.75) is 94.5 Å². The van der Waals surface area contributed by atoms with Crippen molar-refractivity contribution in [2.75, 3.05) is 5.32 Å². The lowest BCUT2D eigenvalue weighted by atomic mass is 9.72. The number of H-pyrrole nitrogens is 2. The largest absolute Gasteiger partial charge is 0.374 e. The summed E-state index contributed by atoms with van der Waals surface area (Å²) in [5.74, 6) is -0.173. The first-order chi connectivity index (χ1) is 41.0. The number of rotatable bonds is 15. The van der Waals surface area contributed by atoms with Gasteiger partial charge in [-0.1, -0.05) is 217 Å². The van der Waals surface area contributed by atoms with E-state index in [1.54, 1.807) is 0 Å². The number of aromatic amines is 2. The zero-order chi connectivity index (χ0) is 59.6. The van der Waals surface area contributed by atoms with E-state index < -0.39 is 0 Å². The van der Waals surface area contributed by atoms with E-state index in [0.29, 0.717) is 11.3 Å². The molecule has 4 N–H and O–H groups in total. The number of hydrogen-bond donors (Lipinski definition) is 4. The lowest BCUT2D eigenvalue weighted by Gasteiger charge is -2.32. The predicted molar refractivity (Wildman–Crippen MR) is 361 cm³/mol. The summed E-state index contributed by atoms with van der Waals surface area (Å²) >= 11 is 0. The number of hydrogen-bond acceptors (Lipinski definition) is 3. The highest BCUT2D eigenvalue weighted by Crippen LogP contribution is 2.41. The van der Waals surface area contributed by atoms with Gasteiger partial charge in [-0.05, 0) is 180 Å². The summed E-state index contributed by atoms with van der Waals surface area (Å²) in [7, 11) is 0. The van der Waals surface area contributed by atoms with Crippen LogP contribution in [-0.4, -0.2) is 27.6 Å². The SMILES string of the molecule is CC1=C(/C=C/C(C)=C/C=C/C(C)=C/C=C/C=C(C)/C=C/C=C(C)/C=C/c2ccc(C(=O)Nc3ccc(/C4=c5\cc/c([nH]5)=C(\c5ccc(C)cc5)C5=N/C(=C(/C)c6ccc([nH]6)/C(c6ccc(C)cc6)=C6/C=CC4N6)C=C5)cc3)cc2)C(C)(C)CCC1. The van der Waals surface area contributed by atoms with E-state index in [4.69, 9.17) is 4.99 Å². The van der Waals surface area contributed by atoms with Crippen LogP contribution in [0.2, 0.25) is 0 Å². The van der Waals surface area contributed by atoms with Crippen molar-refractivity contribution in [3.63, 3.8) is 0 Å². The Bertz CT molecular complexity index is 4150. The second-order valence-corrected chi connectivity index (χ2v) is 23.7. The van der Waals surface area contributed by atoms with Crippen molar-refractivity contribution in [1.82, 2.24) is 15.3 Å². The van der Waals surface area contributed by atoms with E-state index in [1.165, 1.54) is 52.7 Å². The van der Waals surface area contributed by atoms with E-state index in [9.17, 15) is 4.79 Å². The van der Waals surface area contributed by atoms with Crippen LogP contribution in [0.25, 0.3) is 28.4 Å². The number of aryl methyl sites for hydroxylation is 2. The van der Waals surface area contributed by atoms with Gasteiger partial charge in [0.1, 0.15) is 0 Å². The third-order valence-corrected chi connectivity index (χ3v) is 16.4. The Morgan fingerprint density at radius 3 is 1.80 bits per heavy atom. The first-order valence-electron chi connectivity index (χ1n) is 29.8. The monoisotopic (exact) mass is 1110 g/mol. The van der Waals surface area contributed by atoms with Crippen molar-refractivity contribution < 1.29 is 4.79 Å². The topological polar surface area (TPSA) is 85.1 Å². The molecule has 5 heterocycles. The molecule has 10 rings (SSSR count). The Balaban J connectivity index is 0.815. The Labute approximate surface area is 503 Å². The molecule has 0 spiro atoms. The maximum absolute atomic E-state index is 13.7. The van der Waals surface area contributed by atoms with Crippen LogP contribution in [0.15, 0.2) is 274 Å². The predicted octanol–water partition coefficient (Wildman–Crippen LogP) is 17.9. The minimum atomic E-state index is -0.189. The molecule has 4 aromatic carbocycles. The number of fused-ring (bicyclic) bond motifs is 7. The van der Waals surface area contributed by atoms with Crippen LogP contribution in [0.3, 0.4) is 0 Å². The lowest BCUT2D eigenvalue weighted by Crippen LogP contribution is -2.30. The van der Waals surface area contributed by atoms with Crippen molar-refractivity contribution in [3.8, 4) is 0 Å². The molecule has 1 aliphatic carbocycles. The second-order valence-electron chi connectivity index (χ2n) is 23.7. The lowest BCUT2D eigenvalue weighted by molar-refractivity contribution is 0.102. The Morgan fingerprint density at radius 2 is 1.15 bits per heavy atom. The minimum Gasteiger partial charge on any atom is -0.374 e. The third kappa shape index (κ3) is 14.5. The Hall–Kier alpha value is -9.52. The molecule has 1 amide bonds. The number of nitrogens with one attached hydrogen (secondary N) is 4. The number of carbonyl (C=O) groups is 1. The molecular weight excluding hydrogens is 1030 g/mol. The summed E-state index contributed by atoms with van der Waals surface area (Å²) in [5.41, 5.74) is 25.0. The zero-order valence-corrected chi connectivity index (χ0v) is 51.0. The van der Waals surface area contributed by atoms with Crippen molar-refractivity contribution in [1.29, 1.82) is 0 Å². The fraction of sp³-hybridized carbons (Fsp3) is 0.190. The van der Waals surface area contributed by atoms with Gasteiger partial charge in [0.05, 0.1) is 17.5 Å². The summed E-state index contributed by atoms with van der Waals surface area (Å²) in [6, 6.07) is 41.7. The number of carbonyl (C=O) groups excluding carboxylic acids is 1. The number of amides is 1. The Kier molecular flexibility index (Phi) is 18.2. The van der Waals surface area contributed by atoms with Crippen molar-refractivity contribution in [3.05, 3.63) is 330 Å². The molecule has 3 aliphatic heterocycles. The van der Waals surface area contributed by atoms with Gasteiger partial charge in [0.15, 0.2) is 0 Å². The van der Waals surface area contributed by atoms with Gasteiger partial charge in [0.25, 0.3) is 5.91 Å². The highest BCUT2D eigenvalue weighted by molar-refractivity contribution is 6.30. The molecule has 6 nitrogen and oxygen atoms in total. The standard InChI is InChI=1S/C79H79N5O/c1-52(16-11-12-17-53(2)19-14-21-55(4)28-42-66-58(7)22-15-51-79(66,9)10)18-13-20-54(3)23-29-60-30-36-64(37-31-60)78(85)80-65-40-38-63(39-41-65)77-73-49-47-71(83-73)75(61-32-24-56(5)25-33-61)69-45-43-67(81-69)59(8)68-44-46-70(82-68)76(72-48-50-74(77)84-72)62-34-26-57(6)27-35-62/h11-14,16-21,23-50,73,81,83-84H,15,22,51H2,1-10H3,(H,80,85)/b12-11+,18-13+,19-14+,29-23+,42-28+,52-16+,53-17+,54-20+,55-21+,68-59-,75-71-,76-72-,77-74-. The van der Waals surface area contributed by atoms with Gasteiger partial charge in [-0.2, -0.15) is 0 Å². The van der Waals surface area contributed by atoms with Crippen molar-refractivity contribution in [2.24, 2.45) is 10.4 Å². The highest BCUT2D eigenvalue weighted by atomic mass is 16.1. The van der Waals surface area contributed by atoms with Gasteiger partial charge in [-0.25, -0.2) is 4.99 Å². The average Bonchev–Trinajstić information content (AvgIpc) is 2.96. The molecule has 6 heteroatoms. The molecule has 6 aromatic rings. The molecule has 2 aromatic heterocycles. The number of allylic oxidation sites excluding steroid dienone is 23. The molecule has 0 saturated carbocycles. The quantitative estimate of drug-likeness (QED) is 0.0773. The molecule has 0 radical (unpaired) electrons. The third-order valence-electron chi connectivity index (χ3n) is 16.4. The Morgan fingerprint density at radius 1 is 0.576 bits per heavy atom. The number of benzene rings is 4. The highest BCUT2D eigenvalue weighted by Gasteiger charge is 2.27. The number of nitrogens with zero attached hydrogens (tertiary/aromatic N) is 1. The minimum absolute atomic E-state index is 0.173. The summed E-state index contributed by atoms with van der Waals surface area (Å²) in [4.78, 5) is 26.7. The summed E-state index contributed by atoms with van der Waals surface area (Å²) in [6.45, 7) is 21.9. The smallest absolute Gasteiger partial charge is 0.255 e. The molecule has 1 unspecified atom stereocenters. The zero-order valence-electron chi connectivity index (χ0n) is 51.0. The number of anilines is 1. The van der Waals surface area contributed by atoms with E-state index in [-0.39, 0.29) is 17.4 Å². The van der Waals surface area contributed by atoms with Gasteiger partial charge in [0, 0.05) is 55.8 Å². The first-order valence-corrected chi connectivity index (χ1v) is 29.8. The van der Waals surface area contributed by atoms with E-state index in [0.717, 1.165) is 94.9 Å². The molecule has 0 fully saturated rings. The van der Waals surface area contributed by atoms with Gasteiger partial charge >= 0.3 is 0 Å². The molecule has 85 heavy (non-hydrogen) atoms. The van der Waals surface area contributed by atoms with Gasteiger partial charge < -0.3 is 20.6 Å². The van der Waals surface area contributed by atoms with E-state index in [2.05, 4.69) is 284 Å². The van der Waals surface area contributed by atoms with Gasteiger partial charge in [-0.3, -0.25) is 4.79 Å². The fourth-order valence-electron chi connectivity index (χ4n) is 11.4. The maximum Gasteiger partial charge on any atom is 0.255 e. The van der Waals surface area contributed by atoms with Crippen LogP contribution in [0.4, 0.5) is 5.69 Å². The summed E-state index contributed by atoms with van der Waals surface area (Å²) < 4.78 is 0. The second kappa shape index (κ2) is 26.4. The molecule has 8 bridgehead atoms. The average molecular weight is 1110 g/mol. The van der Waals surface area contributed by atoms with Crippen LogP contribution in [-0.2, 0) is 0 Å². The first kappa shape index (κ1) is 58.7. The van der Waals surface area contributed by atoms with E-state index in [1.807, 2.05) is 36.4 Å². The molecule has 1 atom stereocenters. The number of aliphatic imine (C=N–C) groups is 1. The summed E-state index contributed by atoms with van der Waals surface area (Å²) in [5, 5.41) is 9.03. The van der Waals surface area contributed by atoms with Crippen molar-refractivity contribution >= 4 is 45.7 Å². The molecule has 426 valence electrons. The van der Waals surface area contributed by atoms with Gasteiger partial charge in [0.2, 0.25) is 0 Å². The van der Waals surface area contributed by atoms with E-state index >= 15 is 0 Å². The van der Waals surface area contributed by atoms with Crippen LogP contribution < -0.4 is 21.3 Å².